The molecular weight excluding hydrogens is 292 g/mol. The first-order chi connectivity index (χ1) is 10.1. The van der Waals surface area contributed by atoms with Crippen molar-refractivity contribution in [1.29, 1.82) is 0 Å². The van der Waals surface area contributed by atoms with Crippen LogP contribution in [0.3, 0.4) is 0 Å². The molecule has 2 rings (SSSR count). The minimum absolute atomic E-state index is 0.122. The predicted octanol–water partition coefficient (Wildman–Crippen LogP) is 0.122. The number of nitrogens with one attached hydrogen (secondary N) is 2. The zero-order chi connectivity index (χ0) is 15.3. The lowest BCUT2D eigenvalue weighted by Gasteiger charge is -2.32. The van der Waals surface area contributed by atoms with Gasteiger partial charge in [0.05, 0.1) is 12.7 Å². The minimum atomic E-state index is -3.60. The highest BCUT2D eigenvalue weighted by atomic mass is 32.2. The van der Waals surface area contributed by atoms with Gasteiger partial charge in [-0.1, -0.05) is 6.92 Å². The average Bonchev–Trinajstić information content (AvgIpc) is 2.53. The Labute approximate surface area is 125 Å². The predicted molar refractivity (Wildman–Crippen MR) is 80.8 cm³/mol. The van der Waals surface area contributed by atoms with Crippen molar-refractivity contribution in [2.45, 2.75) is 17.9 Å². The molecule has 2 N–H and O–H groups in total. The lowest BCUT2D eigenvalue weighted by molar-refractivity contribution is -0.0229. The van der Waals surface area contributed by atoms with Gasteiger partial charge in [-0.05, 0) is 18.7 Å². The fourth-order valence-electron chi connectivity index (χ4n) is 2.27. The number of hydrogen-bond donors (Lipinski definition) is 2. The Bertz CT molecular complexity index is 564. The maximum Gasteiger partial charge on any atom is 0.244 e. The maximum atomic E-state index is 12.3. The third-order valence-electron chi connectivity index (χ3n) is 3.47. The molecule has 0 spiro atoms. The number of pyridine rings is 1. The van der Waals surface area contributed by atoms with Gasteiger partial charge in [-0.2, -0.15) is 0 Å². The summed E-state index contributed by atoms with van der Waals surface area (Å²) in [6.07, 6.45) is 1.43. The van der Waals surface area contributed by atoms with E-state index in [1.54, 1.807) is 19.3 Å². The van der Waals surface area contributed by atoms with E-state index in [1.165, 1.54) is 6.07 Å². The number of anilines is 1. The first kappa shape index (κ1) is 16.2. The van der Waals surface area contributed by atoms with Crippen LogP contribution in [0, 0.1) is 0 Å². The van der Waals surface area contributed by atoms with Gasteiger partial charge < -0.3 is 10.1 Å². The molecule has 1 fully saturated rings. The number of morpholine rings is 1. The van der Waals surface area contributed by atoms with E-state index in [0.29, 0.717) is 12.4 Å². The molecule has 2 heterocycles. The fourth-order valence-corrected chi connectivity index (χ4v) is 3.49. The van der Waals surface area contributed by atoms with Crippen molar-refractivity contribution in [3.63, 3.8) is 0 Å². The summed E-state index contributed by atoms with van der Waals surface area (Å²) in [4.78, 5) is 6.40. The van der Waals surface area contributed by atoms with Crippen molar-refractivity contribution >= 4 is 15.8 Å². The molecule has 0 amide bonds. The van der Waals surface area contributed by atoms with Crippen LogP contribution in [0.15, 0.2) is 23.2 Å². The highest BCUT2D eigenvalue weighted by Crippen LogP contribution is 2.17. The number of aromatic nitrogens is 1. The second-order valence-corrected chi connectivity index (χ2v) is 6.57. The van der Waals surface area contributed by atoms with Crippen molar-refractivity contribution in [3.05, 3.63) is 18.3 Å². The molecule has 1 aromatic rings. The van der Waals surface area contributed by atoms with E-state index >= 15 is 0 Å². The molecule has 0 radical (unpaired) electrons. The summed E-state index contributed by atoms with van der Waals surface area (Å²) in [5.41, 5.74) is 0. The van der Waals surface area contributed by atoms with Gasteiger partial charge in [-0.3, -0.25) is 4.90 Å². The van der Waals surface area contributed by atoms with Crippen molar-refractivity contribution in [2.75, 3.05) is 45.2 Å². The normalized spacial score (nSPS) is 20.4. The molecule has 1 atom stereocenters. The zero-order valence-electron chi connectivity index (χ0n) is 12.4. The smallest absolute Gasteiger partial charge is 0.244 e. The summed E-state index contributed by atoms with van der Waals surface area (Å²) < 4.78 is 32.9. The van der Waals surface area contributed by atoms with Crippen LogP contribution in [0.2, 0.25) is 0 Å². The number of rotatable bonds is 6. The third kappa shape index (κ3) is 4.13. The van der Waals surface area contributed by atoms with Crippen molar-refractivity contribution in [3.8, 4) is 0 Å². The summed E-state index contributed by atoms with van der Waals surface area (Å²) in [5, 5.41) is 2.79. The molecule has 1 aliphatic rings. The van der Waals surface area contributed by atoms with Crippen LogP contribution in [-0.2, 0) is 14.8 Å². The van der Waals surface area contributed by atoms with E-state index in [2.05, 4.69) is 26.8 Å². The van der Waals surface area contributed by atoms with Crippen LogP contribution in [0.1, 0.15) is 6.92 Å². The summed E-state index contributed by atoms with van der Waals surface area (Å²) in [6.45, 7) is 5.56. The van der Waals surface area contributed by atoms with Gasteiger partial charge in [0.2, 0.25) is 10.0 Å². The van der Waals surface area contributed by atoms with Crippen LogP contribution >= 0.6 is 0 Å². The second kappa shape index (κ2) is 7.17. The maximum absolute atomic E-state index is 12.3. The monoisotopic (exact) mass is 314 g/mol. The Morgan fingerprint density at radius 2 is 2.33 bits per heavy atom. The Hall–Kier alpha value is -1.22. The van der Waals surface area contributed by atoms with Crippen LogP contribution in [0.5, 0.6) is 0 Å². The van der Waals surface area contributed by atoms with Crippen LogP contribution in [0.4, 0.5) is 5.82 Å². The highest BCUT2D eigenvalue weighted by Gasteiger charge is 2.23. The van der Waals surface area contributed by atoms with E-state index < -0.39 is 10.0 Å². The Morgan fingerprint density at radius 1 is 1.52 bits per heavy atom. The molecule has 0 saturated carbocycles. The summed E-state index contributed by atoms with van der Waals surface area (Å²) in [6, 6.07) is 3.13. The molecule has 1 aliphatic heterocycles. The van der Waals surface area contributed by atoms with E-state index in [9.17, 15) is 8.42 Å². The number of hydrogen-bond acceptors (Lipinski definition) is 6. The van der Waals surface area contributed by atoms with E-state index in [1.807, 2.05) is 0 Å². The third-order valence-corrected chi connectivity index (χ3v) is 4.92. The summed E-state index contributed by atoms with van der Waals surface area (Å²) in [7, 11) is -1.96. The number of ether oxygens (including phenoxy) is 1. The standard InChI is InChI=1S/C13H22N4O3S/c1-3-17-7-8-20-11(10-17)9-16-21(18,19)12-5-4-6-15-13(12)14-2/h4-6,11,16H,3,7-10H2,1-2H3,(H,14,15). The first-order valence-corrected chi connectivity index (χ1v) is 8.51. The topological polar surface area (TPSA) is 83.6 Å². The average molecular weight is 314 g/mol. The molecule has 0 bridgehead atoms. The molecule has 1 saturated heterocycles. The fraction of sp³-hybridized carbons (Fsp3) is 0.615. The first-order valence-electron chi connectivity index (χ1n) is 7.03. The van der Waals surface area contributed by atoms with E-state index in [-0.39, 0.29) is 17.5 Å². The van der Waals surface area contributed by atoms with Gasteiger partial charge in [0, 0.05) is 32.9 Å². The quantitative estimate of drug-likeness (QED) is 0.776. The molecule has 8 heteroatoms. The Balaban J connectivity index is 2.01. The molecule has 1 aromatic heterocycles. The van der Waals surface area contributed by atoms with Crippen LogP contribution in [0.25, 0.3) is 0 Å². The summed E-state index contributed by atoms with van der Waals surface area (Å²) in [5.74, 6) is 0.338. The van der Waals surface area contributed by atoms with Crippen molar-refractivity contribution < 1.29 is 13.2 Å². The molecule has 118 valence electrons. The molecule has 21 heavy (non-hydrogen) atoms. The van der Waals surface area contributed by atoms with Crippen molar-refractivity contribution in [1.82, 2.24) is 14.6 Å². The second-order valence-electron chi connectivity index (χ2n) is 4.84. The van der Waals surface area contributed by atoms with E-state index in [0.717, 1.165) is 19.6 Å². The van der Waals surface area contributed by atoms with E-state index in [4.69, 9.17) is 4.74 Å². The van der Waals surface area contributed by atoms with Gasteiger partial charge in [-0.25, -0.2) is 18.1 Å². The van der Waals surface area contributed by atoms with Crippen LogP contribution in [-0.4, -0.2) is 64.2 Å². The number of sulfonamides is 1. The number of likely N-dealkylation sites (N-methyl/N-ethyl adjacent to an activating group) is 1. The minimum Gasteiger partial charge on any atom is -0.374 e. The van der Waals surface area contributed by atoms with Gasteiger partial charge in [0.15, 0.2) is 0 Å². The van der Waals surface area contributed by atoms with Crippen LogP contribution < -0.4 is 10.0 Å². The van der Waals surface area contributed by atoms with Gasteiger partial charge >= 0.3 is 0 Å². The largest absolute Gasteiger partial charge is 0.374 e. The van der Waals surface area contributed by atoms with Crippen molar-refractivity contribution in [2.24, 2.45) is 0 Å². The Kier molecular flexibility index (Phi) is 5.51. The zero-order valence-corrected chi connectivity index (χ0v) is 13.2. The number of nitrogens with zero attached hydrogens (tertiary/aromatic N) is 2. The lowest BCUT2D eigenvalue weighted by atomic mass is 10.3. The molecular formula is C13H22N4O3S. The Morgan fingerprint density at radius 3 is 3.05 bits per heavy atom. The highest BCUT2D eigenvalue weighted by molar-refractivity contribution is 7.89. The van der Waals surface area contributed by atoms with Gasteiger partial charge in [0.1, 0.15) is 10.7 Å². The molecule has 7 nitrogen and oxygen atoms in total. The van der Waals surface area contributed by atoms with Gasteiger partial charge in [0.25, 0.3) is 0 Å². The lowest BCUT2D eigenvalue weighted by Crippen LogP contribution is -2.47. The molecule has 1 unspecified atom stereocenters. The summed E-state index contributed by atoms with van der Waals surface area (Å²) >= 11 is 0. The van der Waals surface area contributed by atoms with Gasteiger partial charge in [-0.15, -0.1) is 0 Å². The SMILES string of the molecule is CCN1CCOC(CNS(=O)(=O)c2cccnc2NC)C1. The molecule has 0 aliphatic carbocycles. The molecule has 0 aromatic carbocycles.